The number of amides is 2. The molecule has 2 fully saturated rings. The average molecular weight is 339 g/mol. The second-order valence-electron chi connectivity index (χ2n) is 5.88. The summed E-state index contributed by atoms with van der Waals surface area (Å²) in [7, 11) is 0. The summed E-state index contributed by atoms with van der Waals surface area (Å²) < 4.78 is 0. The van der Waals surface area contributed by atoms with Crippen molar-refractivity contribution in [2.24, 2.45) is 5.92 Å². The first-order chi connectivity index (χ1) is 10.7. The Morgan fingerprint density at radius 3 is 3.09 bits per heavy atom. The number of likely N-dealkylation sites (tertiary alicyclic amines) is 1. The Hall–Kier alpha value is -1.08. The van der Waals surface area contributed by atoms with Crippen LogP contribution < -0.4 is 5.32 Å². The van der Waals surface area contributed by atoms with Gasteiger partial charge in [-0.1, -0.05) is 0 Å². The molecule has 120 valence electrons. The highest BCUT2D eigenvalue weighted by Gasteiger charge is 2.41. The maximum absolute atomic E-state index is 12.2. The van der Waals surface area contributed by atoms with E-state index < -0.39 is 0 Å². The van der Waals surface area contributed by atoms with Crippen LogP contribution in [0.5, 0.6) is 0 Å². The molecule has 0 bridgehead atoms. The van der Waals surface area contributed by atoms with Crippen LogP contribution in [0.3, 0.4) is 0 Å². The zero-order valence-corrected chi connectivity index (χ0v) is 14.3. The third-order valence-corrected chi connectivity index (χ3v) is 5.71. The average Bonchev–Trinajstić information content (AvgIpc) is 3.12. The Balaban J connectivity index is 1.41. The first-order valence-corrected chi connectivity index (χ1v) is 9.94. The molecule has 1 aromatic heterocycles. The molecule has 2 aliphatic rings. The molecule has 1 saturated heterocycles. The maximum atomic E-state index is 12.2. The van der Waals surface area contributed by atoms with E-state index in [1.54, 1.807) is 23.1 Å². The van der Waals surface area contributed by atoms with Crippen LogP contribution in [0.1, 0.15) is 30.0 Å². The minimum absolute atomic E-state index is 0.0102. The van der Waals surface area contributed by atoms with Crippen molar-refractivity contribution in [2.75, 3.05) is 19.3 Å². The molecule has 0 spiro atoms. The van der Waals surface area contributed by atoms with Crippen LogP contribution in [0.25, 0.3) is 0 Å². The van der Waals surface area contributed by atoms with Gasteiger partial charge in [-0.25, -0.2) is 4.98 Å². The highest BCUT2D eigenvalue weighted by molar-refractivity contribution is 7.97. The van der Waals surface area contributed by atoms with Crippen molar-refractivity contribution >= 4 is 34.9 Å². The smallest absolute Gasteiger partial charge is 0.225 e. The molecule has 1 aromatic rings. The quantitative estimate of drug-likeness (QED) is 0.821. The van der Waals surface area contributed by atoms with Crippen LogP contribution in [0.15, 0.2) is 5.38 Å². The van der Waals surface area contributed by atoms with E-state index in [2.05, 4.69) is 21.9 Å². The number of thiazole rings is 1. The number of carbonyl (C=O) groups is 2. The fraction of sp³-hybridized carbons (Fsp3) is 0.667. The van der Waals surface area contributed by atoms with Crippen LogP contribution >= 0.6 is 23.1 Å². The molecule has 1 aliphatic heterocycles. The lowest BCUT2D eigenvalue weighted by Crippen LogP contribution is -2.34. The van der Waals surface area contributed by atoms with Crippen molar-refractivity contribution in [1.82, 2.24) is 15.2 Å². The van der Waals surface area contributed by atoms with Gasteiger partial charge in [0.2, 0.25) is 11.8 Å². The van der Waals surface area contributed by atoms with Crippen LogP contribution in [-0.2, 0) is 21.8 Å². The molecule has 0 aromatic carbocycles. The van der Waals surface area contributed by atoms with Gasteiger partial charge in [0.05, 0.1) is 11.6 Å². The molecule has 5 nitrogen and oxygen atoms in total. The van der Waals surface area contributed by atoms with Gasteiger partial charge in [0, 0.05) is 43.1 Å². The molecule has 1 N–H and O–H groups in total. The summed E-state index contributed by atoms with van der Waals surface area (Å²) in [5, 5.41) is 6.15. The largest absolute Gasteiger partial charge is 0.355 e. The molecule has 2 amide bonds. The Morgan fingerprint density at radius 1 is 1.55 bits per heavy atom. The van der Waals surface area contributed by atoms with E-state index in [1.807, 2.05) is 4.90 Å². The zero-order chi connectivity index (χ0) is 15.5. The predicted molar refractivity (Wildman–Crippen MR) is 88.9 cm³/mol. The van der Waals surface area contributed by atoms with Gasteiger partial charge in [-0.15, -0.1) is 11.3 Å². The van der Waals surface area contributed by atoms with E-state index in [-0.39, 0.29) is 17.7 Å². The molecular weight excluding hydrogens is 318 g/mol. The highest BCUT2D eigenvalue weighted by atomic mass is 32.2. The lowest BCUT2D eigenvalue weighted by molar-refractivity contribution is -0.129. The summed E-state index contributed by atoms with van der Waals surface area (Å²) in [6.07, 6.45) is 5.39. The number of thioether (sulfide) groups is 1. The lowest BCUT2D eigenvalue weighted by atomic mass is 10.1. The fourth-order valence-electron chi connectivity index (χ4n) is 2.76. The van der Waals surface area contributed by atoms with E-state index in [4.69, 9.17) is 0 Å². The van der Waals surface area contributed by atoms with Crippen molar-refractivity contribution in [2.45, 2.75) is 37.5 Å². The van der Waals surface area contributed by atoms with E-state index >= 15 is 0 Å². The van der Waals surface area contributed by atoms with Crippen LogP contribution in [0.2, 0.25) is 0 Å². The molecular formula is C15H21N3O2S2. The van der Waals surface area contributed by atoms with Crippen LogP contribution in [0.4, 0.5) is 0 Å². The topological polar surface area (TPSA) is 62.3 Å². The van der Waals surface area contributed by atoms with Gasteiger partial charge in [0.1, 0.15) is 5.01 Å². The predicted octanol–water partition coefficient (Wildman–Crippen LogP) is 1.68. The third-order valence-electron chi connectivity index (χ3n) is 4.06. The zero-order valence-electron chi connectivity index (χ0n) is 12.7. The van der Waals surface area contributed by atoms with Gasteiger partial charge in [-0.3, -0.25) is 9.59 Å². The summed E-state index contributed by atoms with van der Waals surface area (Å²) in [5.41, 5.74) is 1.04. The third kappa shape index (κ3) is 3.81. The maximum Gasteiger partial charge on any atom is 0.225 e. The SMILES string of the molecule is CSCc1nc(CCNC(=O)[C@H]2CC(=O)N(C3CC3)C2)cs1. The van der Waals surface area contributed by atoms with Gasteiger partial charge in [-0.2, -0.15) is 11.8 Å². The van der Waals surface area contributed by atoms with Crippen molar-refractivity contribution in [3.8, 4) is 0 Å². The normalized spacial score (nSPS) is 21.4. The molecule has 0 unspecified atom stereocenters. The molecule has 1 saturated carbocycles. The number of nitrogens with zero attached hydrogens (tertiary/aromatic N) is 2. The summed E-state index contributed by atoms with van der Waals surface area (Å²) >= 11 is 3.44. The number of aromatic nitrogens is 1. The Kier molecular flexibility index (Phi) is 5.03. The van der Waals surface area contributed by atoms with Gasteiger partial charge in [0.25, 0.3) is 0 Å². The lowest BCUT2D eigenvalue weighted by Gasteiger charge is -2.15. The monoisotopic (exact) mass is 339 g/mol. The van der Waals surface area contributed by atoms with E-state index in [1.165, 1.54) is 0 Å². The van der Waals surface area contributed by atoms with Crippen LogP contribution in [0, 0.1) is 5.92 Å². The first kappa shape index (κ1) is 15.8. The molecule has 22 heavy (non-hydrogen) atoms. The van der Waals surface area contributed by atoms with E-state index in [9.17, 15) is 9.59 Å². The van der Waals surface area contributed by atoms with Gasteiger partial charge in [0.15, 0.2) is 0 Å². The molecule has 1 atom stereocenters. The number of hydrogen-bond acceptors (Lipinski definition) is 5. The minimum Gasteiger partial charge on any atom is -0.355 e. The molecule has 2 heterocycles. The fourth-order valence-corrected chi connectivity index (χ4v) is 4.31. The number of hydrogen-bond donors (Lipinski definition) is 1. The molecule has 3 rings (SSSR count). The summed E-state index contributed by atoms with van der Waals surface area (Å²) in [6, 6.07) is 0.412. The Labute approximate surface area is 138 Å². The minimum atomic E-state index is -0.171. The summed E-state index contributed by atoms with van der Waals surface area (Å²) in [6.45, 7) is 1.19. The van der Waals surface area contributed by atoms with Crippen molar-refractivity contribution in [3.63, 3.8) is 0 Å². The highest BCUT2D eigenvalue weighted by Crippen LogP contribution is 2.32. The van der Waals surface area contributed by atoms with E-state index in [0.29, 0.717) is 25.6 Å². The second kappa shape index (κ2) is 7.00. The number of rotatable bonds is 7. The van der Waals surface area contributed by atoms with Crippen molar-refractivity contribution in [3.05, 3.63) is 16.1 Å². The number of nitrogens with one attached hydrogen (secondary N) is 1. The molecule has 0 radical (unpaired) electrons. The van der Waals surface area contributed by atoms with Gasteiger partial charge >= 0.3 is 0 Å². The van der Waals surface area contributed by atoms with E-state index in [0.717, 1.165) is 35.7 Å². The molecule has 1 aliphatic carbocycles. The summed E-state index contributed by atoms with van der Waals surface area (Å²) in [4.78, 5) is 30.5. The molecule has 7 heteroatoms. The Bertz CT molecular complexity index is 557. The van der Waals surface area contributed by atoms with Crippen molar-refractivity contribution < 1.29 is 9.59 Å². The van der Waals surface area contributed by atoms with Gasteiger partial charge in [-0.05, 0) is 19.1 Å². The standard InChI is InChI=1S/C15H21N3O2S2/c1-21-9-13-17-11(8-22-13)4-5-16-15(20)10-6-14(19)18(7-10)12-2-3-12/h8,10,12H,2-7,9H2,1H3,(H,16,20)/t10-/m0/s1. The number of carbonyl (C=O) groups excluding carboxylic acids is 2. The van der Waals surface area contributed by atoms with Crippen molar-refractivity contribution in [1.29, 1.82) is 0 Å². The Morgan fingerprint density at radius 2 is 2.36 bits per heavy atom. The second-order valence-corrected chi connectivity index (χ2v) is 7.69. The van der Waals surface area contributed by atoms with Crippen LogP contribution in [-0.4, -0.2) is 47.1 Å². The summed E-state index contributed by atoms with van der Waals surface area (Å²) in [5.74, 6) is 0.925. The first-order valence-electron chi connectivity index (χ1n) is 7.66. The van der Waals surface area contributed by atoms with Gasteiger partial charge < -0.3 is 10.2 Å².